The Hall–Kier alpha value is -0.500. The number of rotatable bonds is 4. The Kier molecular flexibility index (Phi) is 4.19. The first-order valence-electron chi connectivity index (χ1n) is 4.28. The fourth-order valence-electron chi connectivity index (χ4n) is 0.478. The predicted molar refractivity (Wildman–Crippen MR) is 49.8 cm³/mol. The molecule has 0 saturated heterocycles. The fraction of sp³-hybridized carbons (Fsp3) is 0.778. The minimum absolute atomic E-state index is 0.845. The fourth-order valence-corrected chi connectivity index (χ4v) is 0.478. The zero-order chi connectivity index (χ0) is 8.91. The molecule has 1 N–H and O–H groups in total. The molecule has 0 unspecified atom stereocenters. The highest BCUT2D eigenvalue weighted by Gasteiger charge is 2.07. The molecule has 0 rings (SSSR count). The summed E-state index contributed by atoms with van der Waals surface area (Å²) in [5.74, 6) is 0. The predicted octanol–water partition coefficient (Wildman–Crippen LogP) is 1.90. The second-order valence-corrected chi connectivity index (χ2v) is 3.47. The molecule has 0 amide bonds. The van der Waals surface area contributed by atoms with Gasteiger partial charge < -0.3 is 0 Å². The van der Waals surface area contributed by atoms with Gasteiger partial charge in [-0.25, -0.2) is 10.0 Å². The van der Waals surface area contributed by atoms with Crippen LogP contribution < -0.4 is 5.43 Å². The van der Waals surface area contributed by atoms with E-state index in [1.54, 1.807) is 0 Å². The molecular weight excluding hydrogens is 136 g/mol. The summed E-state index contributed by atoms with van der Waals surface area (Å²) in [6.45, 7) is 7.57. The maximum atomic E-state index is 3.33. The highest BCUT2D eigenvalue weighted by Crippen LogP contribution is 1.97. The summed E-state index contributed by atoms with van der Waals surface area (Å²) in [4.78, 5) is 0. The Morgan fingerprint density at radius 3 is 2.27 bits per heavy atom. The lowest BCUT2D eigenvalue weighted by Crippen LogP contribution is -2.48. The second kappa shape index (κ2) is 4.39. The van der Waals surface area contributed by atoms with Crippen LogP contribution in [0.15, 0.2) is 11.8 Å². The monoisotopic (exact) mass is 157 g/mol. The maximum Gasteiger partial charge on any atom is 0.0977 e. The van der Waals surface area contributed by atoms with Crippen LogP contribution in [0.1, 0.15) is 27.2 Å². The van der Waals surface area contributed by atoms with E-state index in [0.717, 1.165) is 17.6 Å². The quantitative estimate of drug-likeness (QED) is 0.485. The van der Waals surface area contributed by atoms with Gasteiger partial charge in [-0.2, -0.15) is 0 Å². The minimum Gasteiger partial charge on any atom is -0.244 e. The largest absolute Gasteiger partial charge is 0.244 e. The van der Waals surface area contributed by atoms with Crippen molar-refractivity contribution >= 4 is 0 Å². The van der Waals surface area contributed by atoms with E-state index in [9.17, 15) is 0 Å². The van der Waals surface area contributed by atoms with Crippen molar-refractivity contribution in [1.82, 2.24) is 5.43 Å². The van der Waals surface area contributed by atoms with Gasteiger partial charge in [-0.15, -0.1) is 0 Å². The molecular formula is C9H21N2+. The average molecular weight is 157 g/mol. The zero-order valence-corrected chi connectivity index (χ0v) is 8.44. The summed E-state index contributed by atoms with van der Waals surface area (Å²) in [7, 11) is 4.30. The molecule has 0 saturated carbocycles. The minimum atomic E-state index is 0.845. The molecule has 11 heavy (non-hydrogen) atoms. The van der Waals surface area contributed by atoms with Crippen molar-refractivity contribution in [2.24, 2.45) is 0 Å². The third-order valence-electron chi connectivity index (χ3n) is 2.01. The van der Waals surface area contributed by atoms with Crippen molar-refractivity contribution in [3.05, 3.63) is 11.8 Å². The van der Waals surface area contributed by atoms with Crippen molar-refractivity contribution < 1.29 is 4.59 Å². The molecule has 0 aliphatic heterocycles. The number of nitrogens with zero attached hydrogens (tertiary/aromatic N) is 1. The van der Waals surface area contributed by atoms with Crippen LogP contribution in [0.3, 0.4) is 0 Å². The SMILES string of the molecule is CCC(C)=CN[N+](C)(C)CC. The van der Waals surface area contributed by atoms with E-state index in [-0.39, 0.29) is 0 Å². The highest BCUT2D eigenvalue weighted by atomic mass is 15.6. The van der Waals surface area contributed by atoms with E-state index < -0.39 is 0 Å². The molecule has 0 heterocycles. The first kappa shape index (κ1) is 10.5. The summed E-state index contributed by atoms with van der Waals surface area (Å²) in [6.07, 6.45) is 3.22. The van der Waals surface area contributed by atoms with Gasteiger partial charge in [0.15, 0.2) is 0 Å². The summed E-state index contributed by atoms with van der Waals surface area (Å²) in [5.41, 5.74) is 4.73. The molecule has 0 spiro atoms. The lowest BCUT2D eigenvalue weighted by molar-refractivity contribution is -0.926. The summed E-state index contributed by atoms with van der Waals surface area (Å²) in [5, 5.41) is 0. The Balaban J connectivity index is 3.86. The molecule has 66 valence electrons. The average Bonchev–Trinajstić information content (AvgIpc) is 2.00. The Morgan fingerprint density at radius 2 is 1.91 bits per heavy atom. The van der Waals surface area contributed by atoms with Crippen molar-refractivity contribution in [2.45, 2.75) is 27.2 Å². The van der Waals surface area contributed by atoms with Gasteiger partial charge in [0.2, 0.25) is 0 Å². The van der Waals surface area contributed by atoms with Gasteiger partial charge >= 0.3 is 0 Å². The Labute approximate surface area is 70.5 Å². The van der Waals surface area contributed by atoms with Crippen LogP contribution in [0.25, 0.3) is 0 Å². The van der Waals surface area contributed by atoms with Crippen LogP contribution in [0.5, 0.6) is 0 Å². The van der Waals surface area contributed by atoms with Crippen LogP contribution in [-0.2, 0) is 0 Å². The van der Waals surface area contributed by atoms with Gasteiger partial charge in [0, 0.05) is 6.20 Å². The van der Waals surface area contributed by atoms with Crippen LogP contribution in [0, 0.1) is 0 Å². The zero-order valence-electron chi connectivity index (χ0n) is 8.44. The third-order valence-corrected chi connectivity index (χ3v) is 2.01. The number of quaternary nitrogens is 1. The Bertz CT molecular complexity index is 136. The summed E-state index contributed by atoms with van der Waals surface area (Å²) in [6, 6.07) is 0. The molecule has 0 aromatic carbocycles. The summed E-state index contributed by atoms with van der Waals surface area (Å²) >= 11 is 0. The van der Waals surface area contributed by atoms with Crippen LogP contribution in [-0.4, -0.2) is 25.2 Å². The molecule has 2 heteroatoms. The molecule has 0 radical (unpaired) electrons. The topological polar surface area (TPSA) is 12.0 Å². The number of hydrogen-bond acceptors (Lipinski definition) is 1. The molecule has 0 aromatic heterocycles. The molecule has 2 nitrogen and oxygen atoms in total. The lowest BCUT2D eigenvalue weighted by Gasteiger charge is -2.27. The van der Waals surface area contributed by atoms with Crippen molar-refractivity contribution in [1.29, 1.82) is 0 Å². The van der Waals surface area contributed by atoms with Crippen LogP contribution >= 0.6 is 0 Å². The smallest absolute Gasteiger partial charge is 0.0977 e. The first-order valence-corrected chi connectivity index (χ1v) is 4.28. The van der Waals surface area contributed by atoms with Crippen molar-refractivity contribution in [3.8, 4) is 0 Å². The van der Waals surface area contributed by atoms with Gasteiger partial charge in [0.1, 0.15) is 0 Å². The van der Waals surface area contributed by atoms with Crippen LogP contribution in [0.4, 0.5) is 0 Å². The molecule has 0 atom stereocenters. The van der Waals surface area contributed by atoms with Crippen LogP contribution in [0.2, 0.25) is 0 Å². The number of allylic oxidation sites excluding steroid dienone is 1. The van der Waals surface area contributed by atoms with E-state index in [1.807, 2.05) is 0 Å². The van der Waals surface area contributed by atoms with E-state index >= 15 is 0 Å². The summed E-state index contributed by atoms with van der Waals surface area (Å²) < 4.78 is 0.845. The van der Waals surface area contributed by atoms with E-state index in [4.69, 9.17) is 0 Å². The molecule has 0 aromatic rings. The third kappa shape index (κ3) is 4.85. The molecule has 0 bridgehead atoms. The molecule has 0 aliphatic rings. The van der Waals surface area contributed by atoms with Gasteiger partial charge in [-0.05, 0) is 20.3 Å². The van der Waals surface area contributed by atoms with E-state index in [0.29, 0.717) is 0 Å². The molecule has 0 fully saturated rings. The number of nitrogens with one attached hydrogen (secondary N) is 1. The van der Waals surface area contributed by atoms with Crippen molar-refractivity contribution in [2.75, 3.05) is 20.6 Å². The standard InChI is InChI=1S/C9H21N2/c1-6-9(3)8-10-11(4,5)7-2/h8,10H,6-7H2,1-5H3/q+1. The van der Waals surface area contributed by atoms with Gasteiger partial charge in [0.05, 0.1) is 20.6 Å². The van der Waals surface area contributed by atoms with E-state index in [1.165, 1.54) is 5.57 Å². The lowest BCUT2D eigenvalue weighted by atomic mass is 10.3. The van der Waals surface area contributed by atoms with E-state index in [2.05, 4.69) is 46.5 Å². The first-order chi connectivity index (χ1) is 5.02. The number of hydrogen-bond donors (Lipinski definition) is 1. The van der Waals surface area contributed by atoms with Crippen molar-refractivity contribution in [3.63, 3.8) is 0 Å². The highest BCUT2D eigenvalue weighted by molar-refractivity contribution is 4.93. The molecule has 0 aliphatic carbocycles. The maximum absolute atomic E-state index is 3.33. The van der Waals surface area contributed by atoms with Gasteiger partial charge in [-0.1, -0.05) is 12.5 Å². The normalized spacial score (nSPS) is 13.4. The van der Waals surface area contributed by atoms with Gasteiger partial charge in [0.25, 0.3) is 0 Å². The Morgan fingerprint density at radius 1 is 1.36 bits per heavy atom. The second-order valence-electron chi connectivity index (χ2n) is 3.47. The van der Waals surface area contributed by atoms with Gasteiger partial charge in [-0.3, -0.25) is 0 Å².